The highest BCUT2D eigenvalue weighted by Crippen LogP contribution is 2.54. The van der Waals surface area contributed by atoms with Gasteiger partial charge in [-0.3, -0.25) is 0 Å². The molecular formula is C78H52BN3. The number of aromatic nitrogens is 1. The molecule has 13 aromatic carbocycles. The zero-order valence-corrected chi connectivity index (χ0v) is 44.3. The highest BCUT2D eigenvalue weighted by Gasteiger charge is 2.45. The lowest BCUT2D eigenvalue weighted by molar-refractivity contribution is 1.17. The summed E-state index contributed by atoms with van der Waals surface area (Å²) < 4.78 is 75.8. The number of rotatable bonds is 9. The van der Waals surface area contributed by atoms with Crippen molar-refractivity contribution in [2.75, 3.05) is 9.80 Å². The van der Waals surface area contributed by atoms with Crippen LogP contribution in [0.3, 0.4) is 0 Å². The van der Waals surface area contributed by atoms with Crippen LogP contribution in [0.5, 0.6) is 0 Å². The number of nitrogens with zero attached hydrogens (tertiary/aromatic N) is 3. The van der Waals surface area contributed by atoms with Crippen molar-refractivity contribution in [1.29, 1.82) is 0 Å². The Morgan fingerprint density at radius 2 is 0.634 bits per heavy atom. The highest BCUT2D eigenvalue weighted by atomic mass is 15.2. The van der Waals surface area contributed by atoms with Crippen LogP contribution in [-0.2, 0) is 0 Å². The molecule has 14 aromatic rings. The summed E-state index contributed by atoms with van der Waals surface area (Å²) in [6.07, 6.45) is 0. The summed E-state index contributed by atoms with van der Waals surface area (Å²) in [5.41, 5.74) is 21.3. The van der Waals surface area contributed by atoms with Gasteiger partial charge in [0, 0.05) is 61.5 Å². The quantitative estimate of drug-likeness (QED) is 0.134. The first kappa shape index (κ1) is 39.6. The Hall–Kier alpha value is -10.7. The molecule has 3 nitrogen and oxygen atoms in total. The maximum Gasteiger partial charge on any atom is 0.252 e. The summed E-state index contributed by atoms with van der Waals surface area (Å²) in [5, 5.41) is 0.0315. The zero-order valence-electron chi connectivity index (χ0n) is 52.3. The minimum absolute atomic E-state index is 0.0158. The fourth-order valence-electron chi connectivity index (χ4n) is 12.9. The maximum atomic E-state index is 9.65. The van der Waals surface area contributed by atoms with Crippen LogP contribution in [0.4, 0.5) is 34.1 Å². The molecule has 0 spiro atoms. The Morgan fingerprint density at radius 3 is 1.06 bits per heavy atom. The van der Waals surface area contributed by atoms with Gasteiger partial charge in [0.1, 0.15) is 0 Å². The summed E-state index contributed by atoms with van der Waals surface area (Å²) in [7, 11) is 0. The van der Waals surface area contributed by atoms with Gasteiger partial charge < -0.3 is 14.4 Å². The van der Waals surface area contributed by atoms with Crippen molar-refractivity contribution in [3.63, 3.8) is 0 Å². The van der Waals surface area contributed by atoms with Crippen molar-refractivity contribution >= 4 is 79.0 Å². The molecule has 0 aliphatic carbocycles. The first-order chi connectivity index (χ1) is 44.0. The van der Waals surface area contributed by atoms with Crippen LogP contribution in [0.2, 0.25) is 0 Å². The molecule has 0 atom stereocenters. The normalized spacial score (nSPS) is 13.7. The first-order valence-corrected chi connectivity index (χ1v) is 27.7. The molecule has 82 heavy (non-hydrogen) atoms. The van der Waals surface area contributed by atoms with Crippen LogP contribution in [0.15, 0.2) is 315 Å². The smallest absolute Gasteiger partial charge is 0.252 e. The Bertz CT molecular complexity index is 5030. The van der Waals surface area contributed by atoms with Crippen LogP contribution in [0.25, 0.3) is 94.3 Å². The van der Waals surface area contributed by atoms with Gasteiger partial charge in [0.15, 0.2) is 0 Å². The number of fused-ring (bicyclic) bond motifs is 7. The molecule has 0 saturated heterocycles. The summed E-state index contributed by atoms with van der Waals surface area (Å²) >= 11 is 0. The van der Waals surface area contributed by atoms with Crippen LogP contribution in [0, 0.1) is 0 Å². The van der Waals surface area contributed by atoms with E-state index in [0.717, 1.165) is 117 Å². The second kappa shape index (κ2) is 19.6. The molecule has 2 aliphatic heterocycles. The summed E-state index contributed by atoms with van der Waals surface area (Å²) in [5.74, 6) is 0. The van der Waals surface area contributed by atoms with E-state index in [2.05, 4.69) is 246 Å². The molecule has 0 saturated carbocycles. The molecule has 1 aromatic heterocycles. The van der Waals surface area contributed by atoms with Gasteiger partial charge in [-0.1, -0.05) is 273 Å². The van der Waals surface area contributed by atoms with Gasteiger partial charge in [0.05, 0.1) is 33.4 Å². The van der Waals surface area contributed by atoms with Crippen LogP contribution in [-0.4, -0.2) is 11.3 Å². The summed E-state index contributed by atoms with van der Waals surface area (Å²) in [6.45, 7) is -0.433. The molecular weight excluding hydrogens is 990 g/mol. The van der Waals surface area contributed by atoms with E-state index < -0.39 is 30.9 Å². The zero-order chi connectivity index (χ0) is 61.1. The van der Waals surface area contributed by atoms with Gasteiger partial charge in [-0.2, -0.15) is 0 Å². The van der Waals surface area contributed by atoms with Crippen molar-refractivity contribution in [1.82, 2.24) is 4.57 Å². The molecule has 0 bridgehead atoms. The molecule has 0 unspecified atom stereocenters. The van der Waals surface area contributed by atoms with Gasteiger partial charge in [-0.25, -0.2) is 0 Å². The molecule has 3 heterocycles. The second-order valence-electron chi connectivity index (χ2n) is 20.9. The van der Waals surface area contributed by atoms with E-state index in [1.54, 1.807) is 4.57 Å². The second-order valence-corrected chi connectivity index (χ2v) is 20.9. The third-order valence-corrected chi connectivity index (χ3v) is 16.4. The molecule has 382 valence electrons. The Balaban J connectivity index is 1.11. The lowest BCUT2D eigenvalue weighted by Gasteiger charge is -2.46. The lowest BCUT2D eigenvalue weighted by atomic mass is 9.33. The van der Waals surface area contributed by atoms with Gasteiger partial charge >= 0.3 is 0 Å². The molecule has 4 heteroatoms. The predicted octanol–water partition coefficient (Wildman–Crippen LogP) is 18.9. The van der Waals surface area contributed by atoms with Crippen molar-refractivity contribution < 1.29 is 11.0 Å². The lowest BCUT2D eigenvalue weighted by Crippen LogP contribution is -2.61. The van der Waals surface area contributed by atoms with Crippen molar-refractivity contribution in [3.8, 4) is 72.4 Å². The average molecular weight is 1050 g/mol. The third kappa shape index (κ3) is 7.68. The summed E-state index contributed by atoms with van der Waals surface area (Å²) in [6, 6.07) is 90.5. The van der Waals surface area contributed by atoms with Crippen molar-refractivity contribution in [2.24, 2.45) is 0 Å². The number of hydrogen-bond acceptors (Lipinski definition) is 2. The average Bonchev–Trinajstić information content (AvgIpc) is 0.927. The highest BCUT2D eigenvalue weighted by molar-refractivity contribution is 7.00. The topological polar surface area (TPSA) is 11.4 Å². The number of anilines is 6. The molecule has 0 radical (unpaired) electrons. The monoisotopic (exact) mass is 1050 g/mol. The minimum atomic E-state index is -0.495. The van der Waals surface area contributed by atoms with E-state index in [1.807, 2.05) is 30.3 Å². The largest absolute Gasteiger partial charge is 0.310 e. The Kier molecular flexibility index (Phi) is 9.48. The van der Waals surface area contributed by atoms with Gasteiger partial charge in [-0.05, 0) is 103 Å². The number of hydrogen-bond donors (Lipinski definition) is 0. The SMILES string of the molecule is [2H]c1c([2H])c([2H])c2c(c1[2H])c1c([2H])c([2H])c([2H])c([2H])c1n2-c1ccc2c(c1)N(c1c(-c3ccccc3)cccc1-c1ccccc1)c1cc(-c3ccccc3)cc3c1B2c1ccc(-c2ccccc2)cc1N3c1c(-c2ccccc2)cccc1-c1ccccc1. The van der Waals surface area contributed by atoms with Crippen molar-refractivity contribution in [3.05, 3.63) is 315 Å². The third-order valence-electron chi connectivity index (χ3n) is 16.4. The summed E-state index contributed by atoms with van der Waals surface area (Å²) in [4.78, 5) is 4.91. The Morgan fingerprint density at radius 1 is 0.280 bits per heavy atom. The van der Waals surface area contributed by atoms with Crippen LogP contribution >= 0.6 is 0 Å². The number of para-hydroxylation sites is 4. The van der Waals surface area contributed by atoms with E-state index in [1.165, 1.54) is 0 Å². The number of benzene rings is 13. The fraction of sp³-hybridized carbons (Fsp3) is 0. The first-order valence-electron chi connectivity index (χ1n) is 31.7. The molecule has 0 fully saturated rings. The molecule has 0 N–H and O–H groups in total. The van der Waals surface area contributed by atoms with Gasteiger partial charge in [0.25, 0.3) is 6.71 Å². The van der Waals surface area contributed by atoms with E-state index in [-0.39, 0.29) is 46.0 Å². The minimum Gasteiger partial charge on any atom is -0.310 e. The molecule has 2 aliphatic rings. The Labute approximate surface area is 489 Å². The maximum absolute atomic E-state index is 9.65. The predicted molar refractivity (Wildman–Crippen MR) is 347 cm³/mol. The van der Waals surface area contributed by atoms with Crippen molar-refractivity contribution in [2.45, 2.75) is 0 Å². The molecule has 16 rings (SSSR count). The van der Waals surface area contributed by atoms with E-state index >= 15 is 0 Å². The standard InChI is InChI=1S/C78H52BN3/c1-7-25-53(26-8-1)59-45-47-68-72(49-59)81(77-62(55-29-11-3-12-30-55)39-23-40-63(77)56-31-13-4-14-32-56)74-50-60(54-27-9-2-10-28-54)51-75-76(74)79(68)69-48-46-61(80-70-43-21-19-37-66(70)67-38-20-22-44-71(67)80)52-73(69)82(75)78-64(57-33-15-5-16-34-57)41-24-42-65(78)58-35-17-6-18-36-58/h1-52H/i19D,20D,21D,22D,37D,38D,43D,44D. The van der Waals surface area contributed by atoms with E-state index in [4.69, 9.17) is 5.48 Å². The van der Waals surface area contributed by atoms with Crippen LogP contribution in [0.1, 0.15) is 11.0 Å². The van der Waals surface area contributed by atoms with Gasteiger partial charge in [-0.15, -0.1) is 0 Å². The molecule has 0 amide bonds. The van der Waals surface area contributed by atoms with E-state index in [9.17, 15) is 5.48 Å². The van der Waals surface area contributed by atoms with E-state index in [0.29, 0.717) is 5.69 Å². The fourth-order valence-corrected chi connectivity index (χ4v) is 12.9. The van der Waals surface area contributed by atoms with Gasteiger partial charge in [0.2, 0.25) is 0 Å². The van der Waals surface area contributed by atoms with Crippen LogP contribution < -0.4 is 26.2 Å².